The third kappa shape index (κ3) is 3.42. The minimum Gasteiger partial charge on any atom is -0.396 e. The van der Waals surface area contributed by atoms with Gasteiger partial charge in [0.1, 0.15) is 0 Å². The monoisotopic (exact) mass is 365 g/mol. The lowest BCUT2D eigenvalue weighted by Crippen LogP contribution is -2.43. The van der Waals surface area contributed by atoms with E-state index in [1.54, 1.807) is 11.3 Å². The highest BCUT2D eigenvalue weighted by molar-refractivity contribution is 14.1. The van der Waals surface area contributed by atoms with Crippen LogP contribution in [0.1, 0.15) is 36.0 Å². The highest BCUT2D eigenvalue weighted by atomic mass is 127. The minimum absolute atomic E-state index is 0.00508. The van der Waals surface area contributed by atoms with E-state index in [1.165, 1.54) is 0 Å². The fraction of sp³-hybridized carbons (Fsp3) is 0.583. The van der Waals surface area contributed by atoms with Crippen LogP contribution in [0.4, 0.5) is 0 Å². The lowest BCUT2D eigenvalue weighted by atomic mass is 9.85. The predicted octanol–water partition coefficient (Wildman–Crippen LogP) is 2.63. The summed E-state index contributed by atoms with van der Waals surface area (Å²) in [7, 11) is 0. The second-order valence-corrected chi connectivity index (χ2v) is 7.25. The Kier molecular flexibility index (Phi) is 4.81. The molecular weight excluding hydrogens is 349 g/mol. The summed E-state index contributed by atoms with van der Waals surface area (Å²) in [6.07, 6.45) is 4.30. The minimum atomic E-state index is -0.00508. The van der Waals surface area contributed by atoms with E-state index >= 15 is 0 Å². The second kappa shape index (κ2) is 6.15. The number of amides is 1. The fourth-order valence-corrected chi connectivity index (χ4v) is 3.62. The third-order valence-corrected chi connectivity index (χ3v) is 5.08. The maximum Gasteiger partial charge on any atom is 0.252 e. The Morgan fingerprint density at radius 1 is 1.53 bits per heavy atom. The molecule has 1 aromatic heterocycles. The maximum atomic E-state index is 12.0. The lowest BCUT2D eigenvalue weighted by molar-refractivity contribution is 0.0873. The summed E-state index contributed by atoms with van der Waals surface area (Å²) in [4.78, 5) is 12.0. The van der Waals surface area contributed by atoms with Crippen molar-refractivity contribution in [1.82, 2.24) is 5.32 Å². The number of nitrogens with one attached hydrogen (secondary N) is 1. The molecule has 2 unspecified atom stereocenters. The molecule has 3 nitrogen and oxygen atoms in total. The van der Waals surface area contributed by atoms with Crippen LogP contribution in [0.5, 0.6) is 0 Å². The van der Waals surface area contributed by atoms with Crippen LogP contribution in [0.2, 0.25) is 0 Å². The van der Waals surface area contributed by atoms with Crippen LogP contribution in [0.3, 0.4) is 0 Å². The van der Waals surface area contributed by atoms with Gasteiger partial charge < -0.3 is 10.4 Å². The van der Waals surface area contributed by atoms with Crippen molar-refractivity contribution in [3.05, 3.63) is 19.9 Å². The Bertz CT molecular complexity index is 394. The van der Waals surface area contributed by atoms with Gasteiger partial charge in [0.05, 0.1) is 8.45 Å². The quantitative estimate of drug-likeness (QED) is 0.810. The van der Waals surface area contributed by atoms with Crippen molar-refractivity contribution >= 4 is 39.8 Å². The van der Waals surface area contributed by atoms with E-state index < -0.39 is 0 Å². The van der Waals surface area contributed by atoms with Gasteiger partial charge >= 0.3 is 0 Å². The van der Waals surface area contributed by atoms with Gasteiger partial charge in [0, 0.05) is 23.9 Å². The van der Waals surface area contributed by atoms with Crippen LogP contribution in [-0.2, 0) is 0 Å². The lowest BCUT2D eigenvalue weighted by Gasteiger charge is -2.30. The molecule has 1 saturated carbocycles. The molecule has 0 aliphatic heterocycles. The zero-order chi connectivity index (χ0) is 12.3. The maximum absolute atomic E-state index is 12.0. The molecule has 17 heavy (non-hydrogen) atoms. The van der Waals surface area contributed by atoms with Crippen LogP contribution in [0, 0.1) is 8.80 Å². The molecule has 5 heteroatoms. The number of carbonyl (C=O) groups excluding carboxylic acids is 1. The number of aliphatic hydroxyl groups excluding tert-OH is 1. The number of aliphatic hydroxyl groups is 1. The summed E-state index contributed by atoms with van der Waals surface area (Å²) in [5, 5.41) is 14.2. The highest BCUT2D eigenvalue weighted by Crippen LogP contribution is 2.24. The molecule has 0 bridgehead atoms. The second-order valence-electron chi connectivity index (χ2n) is 4.45. The Morgan fingerprint density at radius 2 is 2.29 bits per heavy atom. The topological polar surface area (TPSA) is 49.3 Å². The first-order valence-electron chi connectivity index (χ1n) is 5.86. The van der Waals surface area contributed by atoms with E-state index in [4.69, 9.17) is 0 Å². The van der Waals surface area contributed by atoms with Crippen LogP contribution in [-0.4, -0.2) is 23.7 Å². The van der Waals surface area contributed by atoms with E-state index in [9.17, 15) is 9.90 Å². The van der Waals surface area contributed by atoms with Gasteiger partial charge in [0.25, 0.3) is 5.91 Å². The normalized spacial score (nSPS) is 24.6. The van der Waals surface area contributed by atoms with E-state index in [0.29, 0.717) is 0 Å². The van der Waals surface area contributed by atoms with Crippen molar-refractivity contribution < 1.29 is 9.90 Å². The third-order valence-electron chi connectivity index (χ3n) is 3.29. The SMILES string of the molecule is O=C(NC1CCCCC1CO)c1csc(I)c1. The fourth-order valence-electron chi connectivity index (χ4n) is 2.30. The van der Waals surface area contributed by atoms with Crippen LogP contribution < -0.4 is 5.32 Å². The van der Waals surface area contributed by atoms with Crippen LogP contribution >= 0.6 is 33.9 Å². The molecule has 1 heterocycles. The number of hydrogen-bond acceptors (Lipinski definition) is 3. The average Bonchev–Trinajstić information content (AvgIpc) is 2.77. The molecule has 0 aromatic carbocycles. The molecule has 1 amide bonds. The van der Waals surface area contributed by atoms with Crippen molar-refractivity contribution in [2.45, 2.75) is 31.7 Å². The smallest absolute Gasteiger partial charge is 0.252 e. The zero-order valence-corrected chi connectivity index (χ0v) is 12.5. The summed E-state index contributed by atoms with van der Waals surface area (Å²) in [6, 6.07) is 2.04. The Balaban J connectivity index is 1.97. The average molecular weight is 365 g/mol. The van der Waals surface area contributed by atoms with Gasteiger partial charge in [-0.2, -0.15) is 0 Å². The largest absolute Gasteiger partial charge is 0.396 e. The highest BCUT2D eigenvalue weighted by Gasteiger charge is 2.26. The standard InChI is InChI=1S/C12H16INO2S/c13-11-5-9(7-17-11)12(16)14-10-4-2-1-3-8(10)6-15/h5,7-8,10,15H,1-4,6H2,(H,14,16). The summed E-state index contributed by atoms with van der Waals surface area (Å²) in [6.45, 7) is 0.173. The van der Waals surface area contributed by atoms with Gasteiger partial charge in [-0.3, -0.25) is 4.79 Å². The molecule has 1 aromatic rings. The number of rotatable bonds is 3. The van der Waals surface area contributed by atoms with Gasteiger partial charge in [0.15, 0.2) is 0 Å². The molecule has 0 saturated heterocycles. The molecule has 2 rings (SSSR count). The molecule has 0 spiro atoms. The van der Waals surface area contributed by atoms with Crippen molar-refractivity contribution in [3.63, 3.8) is 0 Å². The Morgan fingerprint density at radius 3 is 2.94 bits per heavy atom. The van der Waals surface area contributed by atoms with E-state index in [2.05, 4.69) is 27.9 Å². The van der Waals surface area contributed by atoms with Crippen molar-refractivity contribution in [3.8, 4) is 0 Å². The molecule has 2 N–H and O–H groups in total. The molecule has 1 fully saturated rings. The van der Waals surface area contributed by atoms with Crippen molar-refractivity contribution in [1.29, 1.82) is 0 Å². The van der Waals surface area contributed by atoms with E-state index in [0.717, 1.165) is 34.1 Å². The summed E-state index contributed by atoms with van der Waals surface area (Å²) < 4.78 is 1.12. The van der Waals surface area contributed by atoms with Gasteiger partial charge in [-0.1, -0.05) is 12.8 Å². The predicted molar refractivity (Wildman–Crippen MR) is 77.3 cm³/mol. The number of thiophene rings is 1. The molecule has 1 aliphatic carbocycles. The molecule has 1 aliphatic rings. The molecular formula is C12H16INO2S. The molecule has 94 valence electrons. The van der Waals surface area contributed by atoms with Gasteiger partial charge in [-0.15, -0.1) is 11.3 Å². The number of hydrogen-bond donors (Lipinski definition) is 2. The van der Waals surface area contributed by atoms with Crippen LogP contribution in [0.25, 0.3) is 0 Å². The Hall–Kier alpha value is -0.140. The molecule has 0 radical (unpaired) electrons. The zero-order valence-electron chi connectivity index (χ0n) is 9.49. The van der Waals surface area contributed by atoms with E-state index in [1.807, 2.05) is 11.4 Å². The Labute approximate surface area is 119 Å². The first-order valence-corrected chi connectivity index (χ1v) is 7.82. The van der Waals surface area contributed by atoms with Crippen molar-refractivity contribution in [2.24, 2.45) is 5.92 Å². The summed E-state index contributed by atoms with van der Waals surface area (Å²) in [5.41, 5.74) is 0.738. The number of carbonyl (C=O) groups is 1. The van der Waals surface area contributed by atoms with Crippen LogP contribution in [0.15, 0.2) is 11.4 Å². The van der Waals surface area contributed by atoms with Crippen molar-refractivity contribution in [2.75, 3.05) is 6.61 Å². The molecule has 2 atom stereocenters. The summed E-state index contributed by atoms with van der Waals surface area (Å²) in [5.74, 6) is 0.222. The van der Waals surface area contributed by atoms with Gasteiger partial charge in [0.2, 0.25) is 0 Å². The number of halogens is 1. The first kappa shape index (κ1) is 13.3. The first-order chi connectivity index (χ1) is 8.20. The van der Waals surface area contributed by atoms with E-state index in [-0.39, 0.29) is 24.5 Å². The van der Waals surface area contributed by atoms with Gasteiger partial charge in [-0.25, -0.2) is 0 Å². The summed E-state index contributed by atoms with van der Waals surface area (Å²) >= 11 is 3.79. The van der Waals surface area contributed by atoms with Gasteiger partial charge in [-0.05, 0) is 41.5 Å².